The number of hydrogen-bond donors (Lipinski definition) is 0. The summed E-state index contributed by atoms with van der Waals surface area (Å²) in [5, 5.41) is 0.795. The molecule has 0 fully saturated rings. The molecule has 31 heavy (non-hydrogen) atoms. The monoisotopic (exact) mass is 454 g/mol. The lowest BCUT2D eigenvalue weighted by Gasteiger charge is -2.12. The van der Waals surface area contributed by atoms with Crippen LogP contribution in [0.5, 0.6) is 5.75 Å². The quantitative estimate of drug-likeness (QED) is 0.403. The van der Waals surface area contributed by atoms with Crippen molar-refractivity contribution in [3.05, 3.63) is 90.9 Å². The highest BCUT2D eigenvalue weighted by Gasteiger charge is 2.19. The molecular weight excluding hydrogens is 436 g/mol. The molecule has 0 radical (unpaired) electrons. The van der Waals surface area contributed by atoms with E-state index in [-0.39, 0.29) is 12.3 Å². The summed E-state index contributed by atoms with van der Waals surface area (Å²) in [5.74, 6) is 0.427. The summed E-state index contributed by atoms with van der Waals surface area (Å²) in [6.45, 7) is 4.08. The van der Waals surface area contributed by atoms with E-state index in [1.165, 1.54) is 15.9 Å². The third-order valence-electron chi connectivity index (χ3n) is 4.79. The summed E-state index contributed by atoms with van der Waals surface area (Å²) in [6, 6.07) is 15.0. The second-order valence-corrected chi connectivity index (χ2v) is 8.62. The first kappa shape index (κ1) is 21.1. The Balaban J connectivity index is 1.84. The fourth-order valence-corrected chi connectivity index (χ4v) is 4.57. The topological polar surface area (TPSA) is 70.3 Å². The number of halogens is 1. The normalized spacial score (nSPS) is 11.1. The number of carbonyl (C=O) groups excluding carboxylic acids is 1. The minimum Gasteiger partial charge on any atom is -0.494 e. The zero-order valence-electron chi connectivity index (χ0n) is 16.9. The molecule has 0 atom stereocenters. The molecule has 0 bridgehead atoms. The Labute approximate surface area is 186 Å². The number of carbonyl (C=O) groups is 1. The Morgan fingerprint density at radius 3 is 2.52 bits per heavy atom. The van der Waals surface area contributed by atoms with Crippen LogP contribution >= 0.6 is 22.9 Å². The van der Waals surface area contributed by atoms with Gasteiger partial charge < -0.3 is 4.74 Å². The Kier molecular flexibility index (Phi) is 5.80. The van der Waals surface area contributed by atoms with Crippen molar-refractivity contribution >= 4 is 38.9 Å². The van der Waals surface area contributed by atoms with Gasteiger partial charge in [-0.25, -0.2) is 9.36 Å². The Bertz CT molecular complexity index is 1400. The number of rotatable bonds is 6. The summed E-state index contributed by atoms with van der Waals surface area (Å²) in [7, 11) is 0. The van der Waals surface area contributed by atoms with Crippen LogP contribution in [0.4, 0.5) is 0 Å². The molecule has 2 heterocycles. The minimum absolute atomic E-state index is 0.190. The number of aromatic nitrogens is 2. The van der Waals surface area contributed by atoms with Crippen molar-refractivity contribution in [3.63, 3.8) is 0 Å². The number of thiophene rings is 1. The minimum atomic E-state index is -0.582. The van der Waals surface area contributed by atoms with E-state index in [9.17, 15) is 14.4 Å². The first-order chi connectivity index (χ1) is 14.9. The van der Waals surface area contributed by atoms with Gasteiger partial charge in [0.2, 0.25) is 0 Å². The first-order valence-electron chi connectivity index (χ1n) is 9.67. The van der Waals surface area contributed by atoms with E-state index in [1.54, 1.807) is 54.6 Å². The van der Waals surface area contributed by atoms with Gasteiger partial charge in [0.1, 0.15) is 10.6 Å². The van der Waals surface area contributed by atoms with Gasteiger partial charge in [0.15, 0.2) is 5.78 Å². The zero-order valence-corrected chi connectivity index (χ0v) is 18.5. The summed E-state index contributed by atoms with van der Waals surface area (Å²) in [4.78, 5) is 40.8. The Hall–Kier alpha value is -3.16. The third kappa shape index (κ3) is 4.06. The number of hydrogen-bond acceptors (Lipinski definition) is 5. The van der Waals surface area contributed by atoms with E-state index in [0.29, 0.717) is 38.8 Å². The molecule has 0 N–H and O–H groups in total. The largest absolute Gasteiger partial charge is 0.494 e. The number of nitrogens with zero attached hydrogens (tertiary/aromatic N) is 2. The highest BCUT2D eigenvalue weighted by molar-refractivity contribution is 7.18. The van der Waals surface area contributed by atoms with Gasteiger partial charge in [0, 0.05) is 15.5 Å². The molecule has 0 saturated heterocycles. The predicted octanol–water partition coefficient (Wildman–Crippen LogP) is 4.46. The van der Waals surface area contributed by atoms with Gasteiger partial charge >= 0.3 is 5.69 Å². The van der Waals surface area contributed by atoms with Crippen molar-refractivity contribution in [2.24, 2.45) is 0 Å². The highest BCUT2D eigenvalue weighted by atomic mass is 35.5. The molecule has 4 aromatic rings. The fourth-order valence-electron chi connectivity index (χ4n) is 3.39. The molecule has 0 unspecified atom stereocenters. The lowest BCUT2D eigenvalue weighted by atomic mass is 10.1. The summed E-state index contributed by atoms with van der Waals surface area (Å²) < 4.78 is 7.83. The summed E-state index contributed by atoms with van der Waals surface area (Å²) in [5.41, 5.74) is -0.204. The smallest absolute Gasteiger partial charge is 0.337 e. The Morgan fingerprint density at radius 1 is 1.10 bits per heavy atom. The maximum absolute atomic E-state index is 13.3. The number of ketones is 1. The molecule has 2 aromatic heterocycles. The fraction of sp³-hybridized carbons (Fsp3) is 0.174. The van der Waals surface area contributed by atoms with E-state index in [1.807, 2.05) is 13.8 Å². The molecule has 158 valence electrons. The standard InChI is InChI=1S/C23H19ClN2O4S/c1-3-30-18-9-7-15(8-10-18)20(27)13-25-22-19(11-14(2)31-22)21(28)26(23(25)29)17-6-4-5-16(24)12-17/h4-12H,3,13H2,1-2H3. The first-order valence-corrected chi connectivity index (χ1v) is 10.9. The van der Waals surface area contributed by atoms with Gasteiger partial charge in [0.05, 0.1) is 24.2 Å². The van der Waals surface area contributed by atoms with Crippen LogP contribution in [-0.4, -0.2) is 21.5 Å². The van der Waals surface area contributed by atoms with Gasteiger partial charge in [-0.3, -0.25) is 14.2 Å². The van der Waals surface area contributed by atoms with Crippen molar-refractivity contribution in [2.45, 2.75) is 20.4 Å². The third-order valence-corrected chi connectivity index (χ3v) is 6.10. The van der Waals surface area contributed by atoms with Crippen LogP contribution < -0.4 is 16.0 Å². The van der Waals surface area contributed by atoms with Gasteiger partial charge in [-0.05, 0) is 62.4 Å². The highest BCUT2D eigenvalue weighted by Crippen LogP contribution is 2.23. The molecule has 4 rings (SSSR count). The molecular formula is C23H19ClN2O4S. The van der Waals surface area contributed by atoms with E-state index in [2.05, 4.69) is 0 Å². The molecule has 0 aliphatic rings. The van der Waals surface area contributed by atoms with E-state index >= 15 is 0 Å². The molecule has 0 saturated carbocycles. The van der Waals surface area contributed by atoms with E-state index in [4.69, 9.17) is 16.3 Å². The molecule has 0 aliphatic heterocycles. The van der Waals surface area contributed by atoms with E-state index in [0.717, 1.165) is 9.44 Å². The van der Waals surface area contributed by atoms with Crippen LogP contribution in [-0.2, 0) is 6.54 Å². The lowest BCUT2D eigenvalue weighted by Crippen LogP contribution is -2.39. The van der Waals surface area contributed by atoms with Gasteiger partial charge in [-0.1, -0.05) is 17.7 Å². The Morgan fingerprint density at radius 2 is 1.84 bits per heavy atom. The zero-order chi connectivity index (χ0) is 22.1. The van der Waals surface area contributed by atoms with Crippen LogP contribution in [0.1, 0.15) is 22.2 Å². The van der Waals surface area contributed by atoms with Crippen LogP contribution in [0.25, 0.3) is 15.9 Å². The van der Waals surface area contributed by atoms with E-state index < -0.39 is 11.2 Å². The number of benzene rings is 2. The van der Waals surface area contributed by atoms with Gasteiger partial charge in [-0.15, -0.1) is 11.3 Å². The lowest BCUT2D eigenvalue weighted by molar-refractivity contribution is 0.0971. The average Bonchev–Trinajstić information content (AvgIpc) is 3.14. The van der Waals surface area contributed by atoms with Crippen molar-refractivity contribution < 1.29 is 9.53 Å². The van der Waals surface area contributed by atoms with Crippen LogP contribution in [0.15, 0.2) is 64.2 Å². The summed E-state index contributed by atoms with van der Waals surface area (Å²) >= 11 is 7.39. The molecule has 8 heteroatoms. The second kappa shape index (κ2) is 8.53. The summed E-state index contributed by atoms with van der Waals surface area (Å²) in [6.07, 6.45) is 0. The van der Waals surface area contributed by atoms with Crippen molar-refractivity contribution in [3.8, 4) is 11.4 Å². The van der Waals surface area contributed by atoms with Crippen LogP contribution in [0, 0.1) is 6.92 Å². The molecule has 2 aromatic carbocycles. The van der Waals surface area contributed by atoms with Crippen molar-refractivity contribution in [2.75, 3.05) is 6.61 Å². The number of aryl methyl sites for hydroxylation is 1. The SMILES string of the molecule is CCOc1ccc(C(=O)Cn2c(=O)n(-c3cccc(Cl)c3)c(=O)c3cc(C)sc32)cc1. The van der Waals surface area contributed by atoms with Gasteiger partial charge in [-0.2, -0.15) is 0 Å². The van der Waals surface area contributed by atoms with Crippen LogP contribution in [0.3, 0.4) is 0 Å². The molecule has 0 amide bonds. The number of fused-ring (bicyclic) bond motifs is 1. The van der Waals surface area contributed by atoms with Crippen LogP contribution in [0.2, 0.25) is 5.02 Å². The number of ether oxygens (including phenoxy) is 1. The maximum atomic E-state index is 13.3. The maximum Gasteiger partial charge on any atom is 0.337 e. The van der Waals surface area contributed by atoms with Crippen molar-refractivity contribution in [1.29, 1.82) is 0 Å². The van der Waals surface area contributed by atoms with Crippen molar-refractivity contribution in [1.82, 2.24) is 9.13 Å². The second-order valence-electron chi connectivity index (χ2n) is 6.95. The number of Topliss-reactive ketones (excluding diaryl/α,β-unsaturated/α-hetero) is 1. The average molecular weight is 455 g/mol. The molecule has 0 aliphatic carbocycles. The molecule has 0 spiro atoms. The van der Waals surface area contributed by atoms with Gasteiger partial charge in [0.25, 0.3) is 5.56 Å². The predicted molar refractivity (Wildman–Crippen MR) is 123 cm³/mol. The molecule has 6 nitrogen and oxygen atoms in total.